The van der Waals surface area contributed by atoms with Gasteiger partial charge in [-0.3, -0.25) is 0 Å². The van der Waals surface area contributed by atoms with Crippen LogP contribution in [0.2, 0.25) is 0 Å². The summed E-state index contributed by atoms with van der Waals surface area (Å²) in [7, 11) is 0. The van der Waals surface area contributed by atoms with Gasteiger partial charge in [-0.1, -0.05) is 26.7 Å². The summed E-state index contributed by atoms with van der Waals surface area (Å²) in [6.07, 6.45) is 8.62. The van der Waals surface area contributed by atoms with Gasteiger partial charge in [0.15, 0.2) is 6.29 Å². The van der Waals surface area contributed by atoms with E-state index in [1.807, 2.05) is 0 Å². The Morgan fingerprint density at radius 2 is 1.71 bits per heavy atom. The van der Waals surface area contributed by atoms with Gasteiger partial charge >= 0.3 is 0 Å². The van der Waals surface area contributed by atoms with Crippen molar-refractivity contribution in [3.05, 3.63) is 0 Å². The fraction of sp³-hybridized carbons (Fsp3) is 1.00. The van der Waals surface area contributed by atoms with E-state index in [4.69, 9.17) is 9.47 Å². The van der Waals surface area contributed by atoms with Gasteiger partial charge in [-0.25, -0.2) is 0 Å². The first kappa shape index (κ1) is 20.4. The average Bonchev–Trinajstić information content (AvgIpc) is 2.88. The second-order valence-corrected chi connectivity index (χ2v) is 6.67. The van der Waals surface area contributed by atoms with Crippen LogP contribution in [0.4, 0.5) is 0 Å². The van der Waals surface area contributed by atoms with E-state index in [1.165, 1.54) is 25.7 Å². The molecule has 2 fully saturated rings. The second-order valence-electron chi connectivity index (χ2n) is 6.67. The number of hydrogen-bond donors (Lipinski definition) is 1. The van der Waals surface area contributed by atoms with E-state index < -0.39 is 0 Å². The van der Waals surface area contributed by atoms with Crippen molar-refractivity contribution in [2.75, 3.05) is 13.2 Å². The predicted octanol–water partition coefficient (Wildman–Crippen LogP) is 3.74. The zero-order valence-corrected chi connectivity index (χ0v) is 18.5. The molecule has 0 spiro atoms. The monoisotopic (exact) mass is 511 g/mol. The molecule has 0 aromatic carbocycles. The van der Waals surface area contributed by atoms with Gasteiger partial charge in [-0.15, -0.1) is 0 Å². The number of ether oxygens (including phenoxy) is 2. The SMILES string of the molecule is CCC1CC(CC)C(CC(O)CCC2OCCCO2)C1.[Ac]. The van der Waals surface area contributed by atoms with Crippen molar-refractivity contribution in [3.63, 3.8) is 0 Å². The van der Waals surface area contributed by atoms with Crippen LogP contribution in [0.15, 0.2) is 0 Å². The van der Waals surface area contributed by atoms with Gasteiger partial charge < -0.3 is 14.6 Å². The first-order chi connectivity index (χ1) is 9.72. The van der Waals surface area contributed by atoms with Crippen LogP contribution in [0.1, 0.15) is 65.2 Å². The summed E-state index contributed by atoms with van der Waals surface area (Å²) in [5.41, 5.74) is 0. The molecule has 1 radical (unpaired) electrons. The van der Waals surface area contributed by atoms with Gasteiger partial charge in [0.2, 0.25) is 0 Å². The molecule has 1 heterocycles. The number of aliphatic hydroxyl groups excluding tert-OH is 1. The van der Waals surface area contributed by atoms with Gasteiger partial charge in [0.05, 0.1) is 19.3 Å². The number of rotatable bonds is 7. The fourth-order valence-corrected chi connectivity index (χ4v) is 3.96. The van der Waals surface area contributed by atoms with Gasteiger partial charge in [0.25, 0.3) is 0 Å². The Morgan fingerprint density at radius 1 is 1.05 bits per heavy atom. The van der Waals surface area contributed by atoms with Gasteiger partial charge in [-0.2, -0.15) is 0 Å². The third-order valence-electron chi connectivity index (χ3n) is 5.25. The molecule has 4 heteroatoms. The van der Waals surface area contributed by atoms with Crippen LogP contribution in [-0.2, 0) is 9.47 Å². The number of aliphatic hydroxyl groups is 1. The van der Waals surface area contributed by atoms with Crippen molar-refractivity contribution in [1.82, 2.24) is 0 Å². The summed E-state index contributed by atoms with van der Waals surface area (Å²) in [5, 5.41) is 10.3. The molecule has 0 aromatic rings. The van der Waals surface area contributed by atoms with Crippen molar-refractivity contribution in [1.29, 1.82) is 0 Å². The molecule has 0 bridgehead atoms. The van der Waals surface area contributed by atoms with Crippen LogP contribution in [0.25, 0.3) is 0 Å². The quantitative estimate of drug-likeness (QED) is 0.566. The minimum absolute atomic E-state index is 0. The molecule has 0 amide bonds. The zero-order chi connectivity index (χ0) is 14.4. The van der Waals surface area contributed by atoms with E-state index in [0.29, 0.717) is 0 Å². The maximum absolute atomic E-state index is 10.3. The number of hydrogen-bond acceptors (Lipinski definition) is 3. The van der Waals surface area contributed by atoms with E-state index >= 15 is 0 Å². The summed E-state index contributed by atoms with van der Waals surface area (Å²) in [4.78, 5) is 0. The molecule has 1 aliphatic carbocycles. The summed E-state index contributed by atoms with van der Waals surface area (Å²) in [5.74, 6) is 2.45. The Kier molecular flexibility index (Phi) is 10.6. The molecular weight excluding hydrogens is 479 g/mol. The van der Waals surface area contributed by atoms with Crippen molar-refractivity contribution in [2.24, 2.45) is 17.8 Å². The standard InChI is InChI=1S/C17H32O3.Ac/c1-3-13-10-14(4-2)15(11-13)12-16(18)6-7-17-19-8-5-9-20-17;/h13-18H,3-12H2,1-2H3;. The molecule has 4 unspecified atom stereocenters. The van der Waals surface area contributed by atoms with Crippen LogP contribution in [0.3, 0.4) is 0 Å². The molecule has 21 heavy (non-hydrogen) atoms. The fourth-order valence-electron chi connectivity index (χ4n) is 3.96. The summed E-state index contributed by atoms with van der Waals surface area (Å²) in [6.45, 7) is 6.21. The van der Waals surface area contributed by atoms with E-state index in [0.717, 1.165) is 56.7 Å². The van der Waals surface area contributed by atoms with Crippen LogP contribution in [0, 0.1) is 61.8 Å². The maximum Gasteiger partial charge on any atom is 0.157 e. The van der Waals surface area contributed by atoms with Crippen molar-refractivity contribution in [3.8, 4) is 0 Å². The minimum Gasteiger partial charge on any atom is -0.393 e. The molecule has 0 aromatic heterocycles. The van der Waals surface area contributed by atoms with Gasteiger partial charge in [-0.05, 0) is 49.9 Å². The van der Waals surface area contributed by atoms with E-state index in [2.05, 4.69) is 13.8 Å². The molecule has 1 saturated heterocycles. The average molecular weight is 511 g/mol. The first-order valence-corrected chi connectivity index (χ1v) is 8.64. The Bertz CT molecular complexity index is 269. The first-order valence-electron chi connectivity index (χ1n) is 8.64. The summed E-state index contributed by atoms with van der Waals surface area (Å²) < 4.78 is 11.1. The Morgan fingerprint density at radius 3 is 2.33 bits per heavy atom. The van der Waals surface area contributed by atoms with Crippen LogP contribution >= 0.6 is 0 Å². The smallest absolute Gasteiger partial charge is 0.157 e. The molecule has 2 rings (SSSR count). The summed E-state index contributed by atoms with van der Waals surface area (Å²) in [6, 6.07) is 0. The molecule has 1 N–H and O–H groups in total. The molecule has 1 saturated carbocycles. The molecule has 1 aliphatic heterocycles. The molecule has 3 nitrogen and oxygen atoms in total. The molecule has 2 aliphatic rings. The van der Waals surface area contributed by atoms with E-state index in [-0.39, 0.29) is 56.5 Å². The van der Waals surface area contributed by atoms with E-state index in [1.54, 1.807) is 0 Å². The second kappa shape index (κ2) is 11.0. The Hall–Kier alpha value is 1.32. The third-order valence-corrected chi connectivity index (χ3v) is 5.25. The predicted molar refractivity (Wildman–Crippen MR) is 80.5 cm³/mol. The molecule has 4 atom stereocenters. The van der Waals surface area contributed by atoms with Crippen LogP contribution in [0.5, 0.6) is 0 Å². The zero-order valence-electron chi connectivity index (χ0n) is 13.8. The van der Waals surface area contributed by atoms with Crippen molar-refractivity contribution < 1.29 is 58.6 Å². The molecule has 121 valence electrons. The summed E-state index contributed by atoms with van der Waals surface area (Å²) >= 11 is 0. The Labute approximate surface area is 166 Å². The molecular formula is C17H32AcO3. The third kappa shape index (κ3) is 6.76. The van der Waals surface area contributed by atoms with Gasteiger partial charge in [0.1, 0.15) is 0 Å². The topological polar surface area (TPSA) is 38.7 Å². The largest absolute Gasteiger partial charge is 0.393 e. The van der Waals surface area contributed by atoms with Crippen molar-refractivity contribution in [2.45, 2.75) is 77.6 Å². The van der Waals surface area contributed by atoms with Crippen LogP contribution < -0.4 is 0 Å². The Balaban J connectivity index is 0.00000220. The van der Waals surface area contributed by atoms with Crippen LogP contribution in [-0.4, -0.2) is 30.7 Å². The normalized spacial score (nSPS) is 31.9. The maximum atomic E-state index is 10.3. The van der Waals surface area contributed by atoms with E-state index in [9.17, 15) is 5.11 Å². The van der Waals surface area contributed by atoms with Gasteiger partial charge in [0, 0.05) is 50.5 Å². The van der Waals surface area contributed by atoms with Crippen molar-refractivity contribution >= 4 is 0 Å². The minimum atomic E-state index is -0.182.